The van der Waals surface area contributed by atoms with Gasteiger partial charge >= 0.3 is 0 Å². The van der Waals surface area contributed by atoms with Crippen LogP contribution in [0.1, 0.15) is 16.8 Å². The molecule has 1 amide bonds. The highest BCUT2D eigenvalue weighted by Gasteiger charge is 2.09. The maximum atomic E-state index is 12.0. The van der Waals surface area contributed by atoms with Crippen molar-refractivity contribution in [3.05, 3.63) is 71.0 Å². The molecule has 0 spiro atoms. The van der Waals surface area contributed by atoms with Gasteiger partial charge in [0, 0.05) is 29.9 Å². The summed E-state index contributed by atoms with van der Waals surface area (Å²) in [5.74, 6) is -0.0254. The topological polar surface area (TPSA) is 54.9 Å². The maximum absolute atomic E-state index is 12.0. The first-order chi connectivity index (χ1) is 11.2. The fourth-order valence-corrected chi connectivity index (χ4v) is 2.97. The molecule has 0 radical (unpaired) electrons. The Morgan fingerprint density at radius 1 is 1.13 bits per heavy atom. The third-order valence-electron chi connectivity index (χ3n) is 3.43. The summed E-state index contributed by atoms with van der Waals surface area (Å²) in [5.41, 5.74) is 4.15. The Balaban J connectivity index is 1.58. The molecule has 2 heterocycles. The Kier molecular flexibility index (Phi) is 4.78. The lowest BCUT2D eigenvalue weighted by Gasteiger charge is -2.03. The molecule has 1 N–H and O–H groups in total. The first kappa shape index (κ1) is 15.4. The van der Waals surface area contributed by atoms with Crippen LogP contribution < -0.4 is 5.32 Å². The molecule has 0 aliphatic heterocycles. The molecule has 2 aromatic heterocycles. The molecule has 0 bridgehead atoms. The highest BCUT2D eigenvalue weighted by molar-refractivity contribution is 7.13. The first-order valence-electron chi connectivity index (χ1n) is 7.38. The van der Waals surface area contributed by atoms with Gasteiger partial charge in [0.25, 0.3) is 0 Å². The summed E-state index contributed by atoms with van der Waals surface area (Å²) in [5, 5.41) is 5.79. The minimum Gasteiger partial charge on any atom is -0.352 e. The third-order valence-corrected chi connectivity index (χ3v) is 4.37. The third kappa shape index (κ3) is 4.23. The second-order valence-electron chi connectivity index (χ2n) is 5.32. The Morgan fingerprint density at radius 2 is 1.87 bits per heavy atom. The van der Waals surface area contributed by atoms with Crippen LogP contribution in [0.2, 0.25) is 0 Å². The molecule has 0 fully saturated rings. The van der Waals surface area contributed by atoms with Crippen LogP contribution in [-0.2, 0) is 17.8 Å². The molecule has 1 aromatic carbocycles. The van der Waals surface area contributed by atoms with Crippen molar-refractivity contribution in [2.75, 3.05) is 0 Å². The van der Waals surface area contributed by atoms with E-state index in [-0.39, 0.29) is 5.91 Å². The van der Waals surface area contributed by atoms with Gasteiger partial charge < -0.3 is 5.32 Å². The Morgan fingerprint density at radius 3 is 2.61 bits per heavy atom. The number of hydrogen-bond acceptors (Lipinski definition) is 4. The zero-order valence-electron chi connectivity index (χ0n) is 12.8. The van der Waals surface area contributed by atoms with Gasteiger partial charge in [0.15, 0.2) is 0 Å². The summed E-state index contributed by atoms with van der Waals surface area (Å²) in [7, 11) is 0. The van der Waals surface area contributed by atoms with Crippen molar-refractivity contribution in [2.45, 2.75) is 19.9 Å². The predicted molar refractivity (Wildman–Crippen MR) is 92.1 cm³/mol. The van der Waals surface area contributed by atoms with Crippen LogP contribution in [0.15, 0.2) is 54.2 Å². The molecule has 0 saturated heterocycles. The molecule has 0 aliphatic rings. The van der Waals surface area contributed by atoms with Crippen molar-refractivity contribution in [3.8, 4) is 10.6 Å². The molecule has 0 aliphatic carbocycles. The number of carbonyl (C=O) groups excluding carboxylic acids is 1. The molecule has 116 valence electrons. The molecule has 23 heavy (non-hydrogen) atoms. The van der Waals surface area contributed by atoms with Crippen LogP contribution in [-0.4, -0.2) is 15.9 Å². The van der Waals surface area contributed by atoms with E-state index in [4.69, 9.17) is 0 Å². The molecule has 0 unspecified atom stereocenters. The monoisotopic (exact) mass is 323 g/mol. The van der Waals surface area contributed by atoms with E-state index in [2.05, 4.69) is 46.5 Å². The maximum Gasteiger partial charge on any atom is 0.226 e. The second kappa shape index (κ2) is 7.15. The molecule has 3 aromatic rings. The molecule has 0 atom stereocenters. The largest absolute Gasteiger partial charge is 0.352 e. The normalized spacial score (nSPS) is 10.5. The number of aromatic nitrogens is 2. The van der Waals surface area contributed by atoms with E-state index in [0.717, 1.165) is 21.8 Å². The summed E-state index contributed by atoms with van der Waals surface area (Å²) in [4.78, 5) is 20.5. The second-order valence-corrected chi connectivity index (χ2v) is 6.18. The molecule has 5 heteroatoms. The summed E-state index contributed by atoms with van der Waals surface area (Å²) in [6.45, 7) is 2.57. The highest BCUT2D eigenvalue weighted by Crippen LogP contribution is 2.24. The standard InChI is InChI=1S/C18H17N3OS/c1-13-2-4-15(5-3-13)18-21-16(12-23-18)10-17(22)20-11-14-6-8-19-9-7-14/h2-9,12H,10-11H2,1H3,(H,20,22). The van der Waals surface area contributed by atoms with E-state index in [1.54, 1.807) is 23.7 Å². The van der Waals surface area contributed by atoms with Gasteiger partial charge in [0.2, 0.25) is 5.91 Å². The van der Waals surface area contributed by atoms with Crippen LogP contribution in [0.5, 0.6) is 0 Å². The zero-order chi connectivity index (χ0) is 16.1. The quantitative estimate of drug-likeness (QED) is 0.783. The van der Waals surface area contributed by atoms with E-state index < -0.39 is 0 Å². The number of aryl methyl sites for hydroxylation is 1. The van der Waals surface area contributed by atoms with Crippen LogP contribution >= 0.6 is 11.3 Å². The van der Waals surface area contributed by atoms with Crippen molar-refractivity contribution in [3.63, 3.8) is 0 Å². The average molecular weight is 323 g/mol. The predicted octanol–water partition coefficient (Wildman–Crippen LogP) is 3.37. The van der Waals surface area contributed by atoms with Crippen molar-refractivity contribution in [1.82, 2.24) is 15.3 Å². The van der Waals surface area contributed by atoms with E-state index in [1.807, 2.05) is 17.5 Å². The Hall–Kier alpha value is -2.53. The van der Waals surface area contributed by atoms with Gasteiger partial charge in [0.1, 0.15) is 5.01 Å². The number of nitrogens with one attached hydrogen (secondary N) is 1. The summed E-state index contributed by atoms with van der Waals surface area (Å²) >= 11 is 1.57. The SMILES string of the molecule is Cc1ccc(-c2nc(CC(=O)NCc3ccncc3)cs2)cc1. The van der Waals surface area contributed by atoms with Gasteiger partial charge in [-0.05, 0) is 24.6 Å². The van der Waals surface area contributed by atoms with Gasteiger partial charge in [-0.25, -0.2) is 4.98 Å². The lowest BCUT2D eigenvalue weighted by Crippen LogP contribution is -2.24. The summed E-state index contributed by atoms with van der Waals surface area (Å²) in [6, 6.07) is 12.0. The Labute approximate surface area is 139 Å². The van der Waals surface area contributed by atoms with Gasteiger partial charge in [-0.1, -0.05) is 29.8 Å². The van der Waals surface area contributed by atoms with Gasteiger partial charge in [-0.15, -0.1) is 11.3 Å². The number of hydrogen-bond donors (Lipinski definition) is 1. The summed E-state index contributed by atoms with van der Waals surface area (Å²) in [6.07, 6.45) is 3.74. The average Bonchev–Trinajstić information content (AvgIpc) is 3.03. The number of rotatable bonds is 5. The molecular formula is C18H17N3OS. The van der Waals surface area contributed by atoms with Gasteiger partial charge in [-0.3, -0.25) is 9.78 Å². The fraction of sp³-hybridized carbons (Fsp3) is 0.167. The zero-order valence-corrected chi connectivity index (χ0v) is 13.6. The van der Waals surface area contributed by atoms with E-state index >= 15 is 0 Å². The highest BCUT2D eigenvalue weighted by atomic mass is 32.1. The van der Waals surface area contributed by atoms with Crippen molar-refractivity contribution in [1.29, 1.82) is 0 Å². The first-order valence-corrected chi connectivity index (χ1v) is 8.26. The lowest BCUT2D eigenvalue weighted by molar-refractivity contribution is -0.120. The minimum absolute atomic E-state index is 0.0254. The lowest BCUT2D eigenvalue weighted by atomic mass is 10.2. The number of carbonyl (C=O) groups is 1. The molecule has 0 saturated carbocycles. The van der Waals surface area contributed by atoms with Crippen molar-refractivity contribution in [2.24, 2.45) is 0 Å². The van der Waals surface area contributed by atoms with E-state index in [0.29, 0.717) is 13.0 Å². The number of pyridine rings is 1. The van der Waals surface area contributed by atoms with Crippen LogP contribution in [0.4, 0.5) is 0 Å². The minimum atomic E-state index is -0.0254. The van der Waals surface area contributed by atoms with E-state index in [9.17, 15) is 4.79 Å². The van der Waals surface area contributed by atoms with E-state index in [1.165, 1.54) is 5.56 Å². The van der Waals surface area contributed by atoms with Crippen molar-refractivity contribution < 1.29 is 4.79 Å². The number of benzene rings is 1. The molecule has 3 rings (SSSR count). The molecule has 4 nitrogen and oxygen atoms in total. The van der Waals surface area contributed by atoms with Crippen LogP contribution in [0, 0.1) is 6.92 Å². The molecular weight excluding hydrogens is 306 g/mol. The smallest absolute Gasteiger partial charge is 0.226 e. The number of thiazole rings is 1. The fourth-order valence-electron chi connectivity index (χ4n) is 2.15. The number of amides is 1. The van der Waals surface area contributed by atoms with Gasteiger partial charge in [0.05, 0.1) is 12.1 Å². The van der Waals surface area contributed by atoms with Gasteiger partial charge in [-0.2, -0.15) is 0 Å². The van der Waals surface area contributed by atoms with Crippen LogP contribution in [0.3, 0.4) is 0 Å². The van der Waals surface area contributed by atoms with Crippen LogP contribution in [0.25, 0.3) is 10.6 Å². The summed E-state index contributed by atoms with van der Waals surface area (Å²) < 4.78 is 0. The van der Waals surface area contributed by atoms with Crippen molar-refractivity contribution >= 4 is 17.2 Å². The number of nitrogens with zero attached hydrogens (tertiary/aromatic N) is 2. The Bertz CT molecular complexity index is 782.